The fraction of sp³-hybridized carbons (Fsp3) is 0.333. The summed E-state index contributed by atoms with van der Waals surface area (Å²) in [6.45, 7) is 2.93. The second-order valence-corrected chi connectivity index (χ2v) is 5.91. The number of primary amides is 1. The van der Waals surface area contributed by atoms with Crippen LogP contribution in [0.3, 0.4) is 0 Å². The summed E-state index contributed by atoms with van der Waals surface area (Å²) in [4.78, 5) is 15.9. The Morgan fingerprint density at radius 3 is 2.83 bits per heavy atom. The highest BCUT2D eigenvalue weighted by Crippen LogP contribution is 2.30. The molecule has 0 fully saturated rings. The van der Waals surface area contributed by atoms with E-state index in [1.807, 2.05) is 4.68 Å². The van der Waals surface area contributed by atoms with Gasteiger partial charge in [-0.05, 0) is 24.6 Å². The molecule has 0 unspecified atom stereocenters. The first-order chi connectivity index (χ1) is 11.6. The lowest BCUT2D eigenvalue weighted by Crippen LogP contribution is -2.19. The fourth-order valence-electron chi connectivity index (χ4n) is 3.02. The van der Waals surface area contributed by atoms with Gasteiger partial charge in [0, 0.05) is 29.7 Å². The van der Waals surface area contributed by atoms with Crippen LogP contribution in [0.4, 0.5) is 4.39 Å². The number of hydrogen-bond acceptors (Lipinski definition) is 3. The quantitative estimate of drug-likeness (QED) is 0.651. The summed E-state index contributed by atoms with van der Waals surface area (Å²) in [6, 6.07) is 4.57. The number of aromatic nitrogens is 2. The highest BCUT2D eigenvalue weighted by molar-refractivity contribution is 6.15. The number of nitrogens with one attached hydrogen (secondary N) is 1. The Kier molecular flexibility index (Phi) is 4.64. The molecule has 24 heavy (non-hydrogen) atoms. The zero-order valence-corrected chi connectivity index (χ0v) is 13.7. The lowest BCUT2D eigenvalue weighted by Gasteiger charge is -2.12. The third-order valence-corrected chi connectivity index (χ3v) is 4.20. The molecule has 1 amide bonds. The summed E-state index contributed by atoms with van der Waals surface area (Å²) in [5.41, 5.74) is 10.6. The molecule has 3 aromatic rings. The normalized spacial score (nSPS) is 11.2. The van der Waals surface area contributed by atoms with Gasteiger partial charge in [0.25, 0.3) is 5.91 Å². The first-order valence-electron chi connectivity index (χ1n) is 8.25. The highest BCUT2D eigenvalue weighted by Gasteiger charge is 2.17. The lowest BCUT2D eigenvalue weighted by atomic mass is 10.1. The smallest absolute Gasteiger partial charge is 0.252 e. The third-order valence-electron chi connectivity index (χ3n) is 4.20. The summed E-state index contributed by atoms with van der Waals surface area (Å²) in [5, 5.41) is 1.42. The average Bonchev–Trinajstić information content (AvgIpc) is 2.88. The number of fused-ring (bicyclic) bond motifs is 3. The molecule has 3 rings (SSSR count). The van der Waals surface area contributed by atoms with Crippen LogP contribution >= 0.6 is 0 Å². The van der Waals surface area contributed by atoms with Gasteiger partial charge in [-0.1, -0.05) is 26.2 Å². The summed E-state index contributed by atoms with van der Waals surface area (Å²) >= 11 is 0. The van der Waals surface area contributed by atoms with Gasteiger partial charge in [0.05, 0.1) is 16.6 Å². The number of rotatable bonds is 7. The molecule has 0 aliphatic carbocycles. The number of benzene rings is 1. The number of pyridine rings is 1. The Balaban J connectivity index is 2.10. The number of nitrogens with two attached hydrogens (primary N) is 1. The van der Waals surface area contributed by atoms with Gasteiger partial charge in [-0.15, -0.1) is 0 Å². The van der Waals surface area contributed by atoms with E-state index < -0.39 is 5.91 Å². The lowest BCUT2D eigenvalue weighted by molar-refractivity contribution is 0.100. The molecule has 2 heterocycles. The standard InChI is InChI=1S/C18H21FN4O/c1-2-3-4-5-8-22-23-16-7-6-12(19)9-13(16)14-10-21-11-15(17(14)23)18(20)24/h6-7,9-11,22H,2-5,8H2,1H3,(H2,20,24). The van der Waals surface area contributed by atoms with Gasteiger partial charge in [0.2, 0.25) is 0 Å². The number of carbonyl (C=O) groups is 1. The number of amides is 1. The van der Waals surface area contributed by atoms with E-state index in [1.54, 1.807) is 12.3 Å². The molecule has 0 atom stereocenters. The number of halogens is 1. The molecule has 5 nitrogen and oxygen atoms in total. The van der Waals surface area contributed by atoms with Crippen molar-refractivity contribution in [2.45, 2.75) is 32.6 Å². The minimum absolute atomic E-state index is 0.324. The largest absolute Gasteiger partial charge is 0.365 e. The molecule has 0 aliphatic rings. The Hall–Kier alpha value is -2.63. The van der Waals surface area contributed by atoms with E-state index in [4.69, 9.17) is 5.73 Å². The van der Waals surface area contributed by atoms with Gasteiger partial charge in [0.15, 0.2) is 0 Å². The first-order valence-corrected chi connectivity index (χ1v) is 8.25. The molecular weight excluding hydrogens is 307 g/mol. The van der Waals surface area contributed by atoms with Crippen LogP contribution < -0.4 is 11.2 Å². The molecule has 0 radical (unpaired) electrons. The molecule has 6 heteroatoms. The Morgan fingerprint density at radius 1 is 1.25 bits per heavy atom. The van der Waals surface area contributed by atoms with Gasteiger partial charge in [0.1, 0.15) is 5.82 Å². The maximum absolute atomic E-state index is 13.7. The summed E-state index contributed by atoms with van der Waals surface area (Å²) < 4.78 is 15.5. The predicted molar refractivity (Wildman–Crippen MR) is 94.1 cm³/mol. The van der Waals surface area contributed by atoms with Crippen LogP contribution in [0.5, 0.6) is 0 Å². The molecule has 2 aromatic heterocycles. The monoisotopic (exact) mass is 328 g/mol. The Morgan fingerprint density at radius 2 is 2.08 bits per heavy atom. The molecule has 126 valence electrons. The predicted octanol–water partition coefficient (Wildman–Crippen LogP) is 3.55. The van der Waals surface area contributed by atoms with E-state index in [2.05, 4.69) is 17.3 Å². The van der Waals surface area contributed by atoms with Crippen molar-refractivity contribution in [3.8, 4) is 0 Å². The summed E-state index contributed by atoms with van der Waals surface area (Å²) in [5.74, 6) is -0.876. The number of hydrogen-bond donors (Lipinski definition) is 2. The maximum atomic E-state index is 13.7. The van der Waals surface area contributed by atoms with E-state index in [0.29, 0.717) is 21.9 Å². The average molecular weight is 328 g/mol. The van der Waals surface area contributed by atoms with Crippen molar-refractivity contribution in [2.24, 2.45) is 5.73 Å². The van der Waals surface area contributed by atoms with Crippen molar-refractivity contribution in [1.29, 1.82) is 0 Å². The van der Waals surface area contributed by atoms with Crippen LogP contribution in [0.2, 0.25) is 0 Å². The number of carbonyl (C=O) groups excluding carboxylic acids is 1. The van der Waals surface area contributed by atoms with Crippen LogP contribution in [0.25, 0.3) is 21.8 Å². The second kappa shape index (κ2) is 6.86. The Labute approximate surface area is 139 Å². The molecule has 0 spiro atoms. The Bertz CT molecular complexity index is 887. The van der Waals surface area contributed by atoms with Crippen LogP contribution in [-0.4, -0.2) is 22.1 Å². The van der Waals surface area contributed by atoms with Gasteiger partial charge in [-0.25, -0.2) is 4.39 Å². The molecule has 3 N–H and O–H groups in total. The van der Waals surface area contributed by atoms with Crippen molar-refractivity contribution in [3.05, 3.63) is 42.0 Å². The van der Waals surface area contributed by atoms with Crippen molar-refractivity contribution in [2.75, 3.05) is 12.0 Å². The maximum Gasteiger partial charge on any atom is 0.252 e. The van der Waals surface area contributed by atoms with E-state index in [0.717, 1.165) is 24.9 Å². The number of unbranched alkanes of at least 4 members (excludes halogenated alkanes) is 3. The van der Waals surface area contributed by atoms with Crippen molar-refractivity contribution < 1.29 is 9.18 Å². The van der Waals surface area contributed by atoms with Gasteiger partial charge in [-0.2, -0.15) is 0 Å². The zero-order valence-electron chi connectivity index (χ0n) is 13.7. The van der Waals surface area contributed by atoms with Crippen LogP contribution in [0, 0.1) is 5.82 Å². The second-order valence-electron chi connectivity index (χ2n) is 5.91. The minimum atomic E-state index is -0.551. The highest BCUT2D eigenvalue weighted by atomic mass is 19.1. The molecule has 0 saturated carbocycles. The van der Waals surface area contributed by atoms with Gasteiger partial charge >= 0.3 is 0 Å². The van der Waals surface area contributed by atoms with Crippen LogP contribution in [0.1, 0.15) is 43.0 Å². The van der Waals surface area contributed by atoms with Crippen molar-refractivity contribution in [1.82, 2.24) is 9.66 Å². The van der Waals surface area contributed by atoms with Crippen LogP contribution in [-0.2, 0) is 0 Å². The molecule has 0 saturated heterocycles. The molecule has 0 bridgehead atoms. The molecular formula is C18H21FN4O. The fourth-order valence-corrected chi connectivity index (χ4v) is 3.02. The van der Waals surface area contributed by atoms with E-state index in [1.165, 1.54) is 31.2 Å². The summed E-state index contributed by atoms with van der Waals surface area (Å²) in [7, 11) is 0. The molecule has 0 aliphatic heterocycles. The molecule has 1 aromatic carbocycles. The van der Waals surface area contributed by atoms with Crippen molar-refractivity contribution >= 4 is 27.7 Å². The van der Waals surface area contributed by atoms with E-state index in [-0.39, 0.29) is 5.82 Å². The van der Waals surface area contributed by atoms with E-state index >= 15 is 0 Å². The minimum Gasteiger partial charge on any atom is -0.365 e. The topological polar surface area (TPSA) is 72.9 Å². The summed E-state index contributed by atoms with van der Waals surface area (Å²) in [6.07, 6.45) is 7.61. The van der Waals surface area contributed by atoms with Crippen LogP contribution in [0.15, 0.2) is 30.6 Å². The van der Waals surface area contributed by atoms with Crippen molar-refractivity contribution in [3.63, 3.8) is 0 Å². The van der Waals surface area contributed by atoms with Gasteiger partial charge in [-0.3, -0.25) is 14.5 Å². The SMILES string of the molecule is CCCCCCNn1c2ccc(F)cc2c2cncc(C(N)=O)c21. The zero-order chi connectivity index (χ0) is 17.1. The van der Waals surface area contributed by atoms with E-state index in [9.17, 15) is 9.18 Å². The van der Waals surface area contributed by atoms with Gasteiger partial charge < -0.3 is 11.2 Å². The number of nitrogens with zero attached hydrogens (tertiary/aromatic N) is 2. The first kappa shape index (κ1) is 16.2. The third kappa shape index (κ3) is 2.91.